The molecule has 0 saturated carbocycles. The highest BCUT2D eigenvalue weighted by molar-refractivity contribution is 7.99. The molecule has 3 aromatic carbocycles. The Labute approximate surface area is 151 Å². The van der Waals surface area contributed by atoms with Crippen LogP contribution in [0.15, 0.2) is 58.3 Å². The van der Waals surface area contributed by atoms with E-state index in [1.165, 1.54) is 11.8 Å². The Morgan fingerprint density at radius 2 is 1.69 bits per heavy atom. The van der Waals surface area contributed by atoms with Crippen molar-refractivity contribution in [2.45, 2.75) is 15.8 Å². The molecule has 0 fully saturated rings. The van der Waals surface area contributed by atoms with Crippen molar-refractivity contribution in [1.29, 1.82) is 0 Å². The van der Waals surface area contributed by atoms with Crippen molar-refractivity contribution in [3.63, 3.8) is 0 Å². The molecule has 0 radical (unpaired) electrons. The largest absolute Gasteiger partial charge is 0.288 e. The number of fused-ring (bicyclic) bond motifs is 6. The number of nitrogens with one attached hydrogen (secondary N) is 1. The molecule has 0 spiro atoms. The van der Waals surface area contributed by atoms with Gasteiger partial charge in [-0.2, -0.15) is 0 Å². The number of hydrogen-bond donors (Lipinski definition) is 1. The number of carbonyl (C=O) groups excluding carboxylic acids is 2. The summed E-state index contributed by atoms with van der Waals surface area (Å²) >= 11 is 1.48. The standard InChI is InChI=1S/C19H10N2O4S/c22-18-12-6-5-10-9(15(12)19(23)20-18)7-8-14-16(10)17(21(24)25)11-3-1-2-4-13(11)26-14/h1-8,17H,(H,20,22,23). The topological polar surface area (TPSA) is 89.3 Å². The van der Waals surface area contributed by atoms with Gasteiger partial charge in [0.05, 0.1) is 16.7 Å². The Morgan fingerprint density at radius 3 is 2.50 bits per heavy atom. The molecule has 1 unspecified atom stereocenters. The van der Waals surface area contributed by atoms with Gasteiger partial charge in [-0.15, -0.1) is 0 Å². The quantitative estimate of drug-likeness (QED) is 0.406. The summed E-state index contributed by atoms with van der Waals surface area (Å²) in [5.74, 6) is -0.896. The van der Waals surface area contributed by atoms with Crippen molar-refractivity contribution in [3.8, 4) is 0 Å². The number of nitro groups is 1. The second-order valence-corrected chi connectivity index (χ2v) is 7.26. The molecular weight excluding hydrogens is 352 g/mol. The average Bonchev–Trinajstić information content (AvgIpc) is 2.93. The second-order valence-electron chi connectivity index (χ2n) is 6.17. The van der Waals surface area contributed by atoms with Gasteiger partial charge in [-0.3, -0.25) is 25.0 Å². The van der Waals surface area contributed by atoms with Crippen LogP contribution in [0.1, 0.15) is 37.9 Å². The number of benzene rings is 3. The van der Waals surface area contributed by atoms with Crippen molar-refractivity contribution in [2.24, 2.45) is 0 Å². The molecular formula is C19H10N2O4S. The zero-order valence-corrected chi connectivity index (χ0v) is 14.0. The first kappa shape index (κ1) is 15.1. The van der Waals surface area contributed by atoms with E-state index in [0.29, 0.717) is 33.0 Å². The van der Waals surface area contributed by atoms with Crippen molar-refractivity contribution in [3.05, 3.63) is 80.9 Å². The molecule has 2 aliphatic rings. The first-order valence-electron chi connectivity index (χ1n) is 7.92. The van der Waals surface area contributed by atoms with E-state index in [1.807, 2.05) is 12.1 Å². The highest BCUT2D eigenvalue weighted by atomic mass is 32.2. The Bertz CT molecular complexity index is 1170. The Morgan fingerprint density at radius 1 is 0.923 bits per heavy atom. The summed E-state index contributed by atoms with van der Waals surface area (Å²) in [4.78, 5) is 37.4. The van der Waals surface area contributed by atoms with Crippen molar-refractivity contribution >= 4 is 34.3 Å². The predicted molar refractivity (Wildman–Crippen MR) is 95.1 cm³/mol. The summed E-state index contributed by atoms with van der Waals surface area (Å²) < 4.78 is 0. The van der Waals surface area contributed by atoms with E-state index < -0.39 is 17.9 Å². The molecule has 2 amide bonds. The molecule has 0 saturated heterocycles. The molecule has 5 rings (SSSR count). The van der Waals surface area contributed by atoms with Crippen molar-refractivity contribution in [2.75, 3.05) is 0 Å². The SMILES string of the molecule is O=C1NC(=O)c2c1ccc1c3c(ccc21)Sc1ccccc1C3[N+](=O)[O-]. The van der Waals surface area contributed by atoms with E-state index in [9.17, 15) is 19.7 Å². The molecule has 6 nitrogen and oxygen atoms in total. The maximum atomic E-state index is 12.2. The van der Waals surface area contributed by atoms with E-state index in [1.54, 1.807) is 36.4 Å². The van der Waals surface area contributed by atoms with Gasteiger partial charge >= 0.3 is 0 Å². The highest BCUT2D eigenvalue weighted by Crippen LogP contribution is 2.49. The number of imide groups is 1. The van der Waals surface area contributed by atoms with Crippen LogP contribution in [-0.2, 0) is 0 Å². The van der Waals surface area contributed by atoms with Gasteiger partial charge in [-0.1, -0.05) is 42.1 Å². The molecule has 1 N–H and O–H groups in total. The normalized spacial score (nSPS) is 17.5. The molecule has 1 atom stereocenters. The van der Waals surface area contributed by atoms with Gasteiger partial charge in [0.2, 0.25) is 0 Å². The van der Waals surface area contributed by atoms with E-state index in [4.69, 9.17) is 0 Å². The third-order valence-corrected chi connectivity index (χ3v) is 5.99. The van der Waals surface area contributed by atoms with Gasteiger partial charge < -0.3 is 0 Å². The number of rotatable bonds is 1. The van der Waals surface area contributed by atoms with Gasteiger partial charge in [-0.25, -0.2) is 0 Å². The highest BCUT2D eigenvalue weighted by Gasteiger charge is 2.38. The third kappa shape index (κ3) is 1.89. The summed E-state index contributed by atoms with van der Waals surface area (Å²) in [6.45, 7) is 0. The number of hydrogen-bond acceptors (Lipinski definition) is 5. The zero-order chi connectivity index (χ0) is 18.0. The van der Waals surface area contributed by atoms with Gasteiger partial charge in [0, 0.05) is 20.3 Å². The number of carbonyl (C=O) groups is 2. The van der Waals surface area contributed by atoms with Crippen LogP contribution in [-0.4, -0.2) is 16.7 Å². The van der Waals surface area contributed by atoms with Crippen LogP contribution in [0.5, 0.6) is 0 Å². The molecule has 2 heterocycles. The van der Waals surface area contributed by atoms with Crippen LogP contribution >= 0.6 is 11.8 Å². The molecule has 26 heavy (non-hydrogen) atoms. The van der Waals surface area contributed by atoms with E-state index in [-0.39, 0.29) is 4.92 Å². The maximum absolute atomic E-state index is 12.2. The first-order valence-corrected chi connectivity index (χ1v) is 8.73. The molecule has 0 aromatic heterocycles. The summed E-state index contributed by atoms with van der Waals surface area (Å²) in [5, 5.41) is 15.4. The van der Waals surface area contributed by atoms with Crippen LogP contribution in [0.2, 0.25) is 0 Å². The zero-order valence-electron chi connectivity index (χ0n) is 13.2. The minimum Gasteiger partial charge on any atom is -0.288 e. The van der Waals surface area contributed by atoms with Gasteiger partial charge in [0.15, 0.2) is 0 Å². The van der Waals surface area contributed by atoms with Crippen LogP contribution < -0.4 is 5.32 Å². The fraction of sp³-hybridized carbons (Fsp3) is 0.0526. The fourth-order valence-corrected chi connectivity index (χ4v) is 4.89. The molecule has 0 bridgehead atoms. The lowest BCUT2D eigenvalue weighted by Crippen LogP contribution is -2.20. The molecule has 7 heteroatoms. The summed E-state index contributed by atoms with van der Waals surface area (Å²) in [7, 11) is 0. The van der Waals surface area contributed by atoms with Crippen LogP contribution in [0.4, 0.5) is 0 Å². The van der Waals surface area contributed by atoms with Gasteiger partial charge in [-0.05, 0) is 29.0 Å². The fourth-order valence-electron chi connectivity index (χ4n) is 3.74. The predicted octanol–water partition coefficient (Wildman–Crippen LogP) is 3.55. The third-order valence-electron chi connectivity index (χ3n) is 4.82. The van der Waals surface area contributed by atoms with Gasteiger partial charge in [0.1, 0.15) is 0 Å². The van der Waals surface area contributed by atoms with E-state index in [2.05, 4.69) is 5.32 Å². The Kier molecular flexibility index (Phi) is 2.99. The second kappa shape index (κ2) is 5.15. The maximum Gasteiger partial charge on any atom is 0.265 e. The molecule has 126 valence electrons. The lowest BCUT2D eigenvalue weighted by Gasteiger charge is -2.24. The summed E-state index contributed by atoms with van der Waals surface area (Å²) in [6.07, 6.45) is 0. The number of nitrogens with zero attached hydrogens (tertiary/aromatic N) is 1. The van der Waals surface area contributed by atoms with Crippen LogP contribution in [0.25, 0.3) is 10.8 Å². The van der Waals surface area contributed by atoms with Crippen molar-refractivity contribution in [1.82, 2.24) is 5.32 Å². The Balaban J connectivity index is 1.87. The average molecular weight is 362 g/mol. The first-order chi connectivity index (χ1) is 12.6. The summed E-state index contributed by atoms with van der Waals surface area (Å²) in [6, 6.07) is 13.1. The van der Waals surface area contributed by atoms with E-state index in [0.717, 1.165) is 9.79 Å². The lowest BCUT2D eigenvalue weighted by atomic mass is 9.90. The number of amides is 2. The van der Waals surface area contributed by atoms with E-state index >= 15 is 0 Å². The minimum absolute atomic E-state index is 0.293. The Hall–Kier alpha value is -3.19. The molecule has 2 aliphatic heterocycles. The van der Waals surface area contributed by atoms with Gasteiger partial charge in [0.25, 0.3) is 17.9 Å². The smallest absolute Gasteiger partial charge is 0.265 e. The summed E-state index contributed by atoms with van der Waals surface area (Å²) in [5.41, 5.74) is 1.82. The van der Waals surface area contributed by atoms with Crippen LogP contribution in [0, 0.1) is 10.1 Å². The van der Waals surface area contributed by atoms with Crippen LogP contribution in [0.3, 0.4) is 0 Å². The molecule has 3 aromatic rings. The molecule has 0 aliphatic carbocycles. The lowest BCUT2D eigenvalue weighted by molar-refractivity contribution is -0.518. The minimum atomic E-state index is -1.01. The monoisotopic (exact) mass is 362 g/mol. The van der Waals surface area contributed by atoms with Crippen molar-refractivity contribution < 1.29 is 14.5 Å².